The molecule has 0 rings (SSSR count). The molecule has 3 nitrogen and oxygen atoms in total. The Hall–Kier alpha value is 2.15. The van der Waals surface area contributed by atoms with Crippen LogP contribution in [0.4, 0.5) is 0 Å². The van der Waals surface area contributed by atoms with E-state index in [1.807, 2.05) is 0 Å². The molecule has 0 aliphatic rings. The minimum absolute atomic E-state index is 0. The van der Waals surface area contributed by atoms with Gasteiger partial charge in [0.25, 0.3) is 0 Å². The summed E-state index contributed by atoms with van der Waals surface area (Å²) in [6, 6.07) is 0. The number of rotatable bonds is 2. The monoisotopic (exact) mass is 182 g/mol. The van der Waals surface area contributed by atoms with E-state index in [4.69, 9.17) is 0 Å². The molecule has 0 aliphatic carbocycles. The van der Waals surface area contributed by atoms with Gasteiger partial charge in [0.2, 0.25) is 0 Å². The molecule has 1 unspecified atom stereocenters. The Morgan fingerprint density at radius 2 is 1.70 bits per heavy atom. The van der Waals surface area contributed by atoms with Crippen LogP contribution in [0.25, 0.3) is 0 Å². The van der Waals surface area contributed by atoms with Crippen LogP contribution < -0.4 is 68.9 Å². The van der Waals surface area contributed by atoms with E-state index in [1.54, 1.807) is 6.92 Å². The molecule has 10 heavy (non-hydrogen) atoms. The fourth-order valence-electron chi connectivity index (χ4n) is 0.224. The molecule has 0 aromatic rings. The molecule has 0 spiro atoms. The van der Waals surface area contributed by atoms with Gasteiger partial charge in [-0.25, -0.2) is 0 Å². The van der Waals surface area contributed by atoms with Crippen molar-refractivity contribution in [1.29, 1.82) is 0 Å². The molecule has 0 aliphatic heterocycles. The van der Waals surface area contributed by atoms with Crippen LogP contribution in [-0.2, 0) is 4.57 Å². The first-order valence-electron chi connectivity index (χ1n) is 2.50. The van der Waals surface area contributed by atoms with Crippen LogP contribution in [-0.4, -0.2) is 5.66 Å². The molecule has 0 saturated heterocycles. The summed E-state index contributed by atoms with van der Waals surface area (Å²) >= 11 is 0. The van der Waals surface area contributed by atoms with Crippen molar-refractivity contribution in [3.8, 4) is 0 Å². The van der Waals surface area contributed by atoms with Gasteiger partial charge in [-0.1, -0.05) is 21.4 Å². The minimum atomic E-state index is -4.26. The largest absolute Gasteiger partial charge is 1.00 e. The van der Waals surface area contributed by atoms with Crippen LogP contribution in [0.1, 0.15) is 20.3 Å². The zero-order valence-corrected chi connectivity index (χ0v) is 11.9. The van der Waals surface area contributed by atoms with Crippen molar-refractivity contribution in [3.05, 3.63) is 0 Å². The Morgan fingerprint density at radius 1 is 1.40 bits per heavy atom. The number of hydrogen-bond acceptors (Lipinski definition) is 3. The summed E-state index contributed by atoms with van der Waals surface area (Å²) in [5, 5.41) is 0. The molecule has 0 bridgehead atoms. The summed E-state index contributed by atoms with van der Waals surface area (Å²) in [4.78, 5) is 20.1. The number of hydrogen-bond donors (Lipinski definition) is 0. The maximum absolute atomic E-state index is 10.0. The van der Waals surface area contributed by atoms with E-state index < -0.39 is 13.3 Å². The average Bonchev–Trinajstić information content (AvgIpc) is 1.62. The van der Waals surface area contributed by atoms with Crippen molar-refractivity contribution in [2.75, 3.05) is 0 Å². The van der Waals surface area contributed by atoms with Gasteiger partial charge in [-0.05, 0) is 12.1 Å². The third kappa shape index (κ3) is 8.25. The predicted octanol–water partition coefficient (Wildman–Crippen LogP) is -6.29. The third-order valence-electron chi connectivity index (χ3n) is 1.13. The Balaban J connectivity index is -0.000000245. The standard InChI is InChI=1S/C4H11O3P.2Na/c1-3-4(2)8(5,6)7;;/h4H,3H2,1-2H3,(H2,5,6,7);;/q;2*+1/p-2. The summed E-state index contributed by atoms with van der Waals surface area (Å²) in [7, 11) is -4.26. The van der Waals surface area contributed by atoms with Gasteiger partial charge in [-0.3, -0.25) is 0 Å². The molecule has 0 aromatic carbocycles. The van der Waals surface area contributed by atoms with Crippen LogP contribution in [0.15, 0.2) is 0 Å². The second kappa shape index (κ2) is 7.78. The van der Waals surface area contributed by atoms with E-state index in [0.29, 0.717) is 6.42 Å². The summed E-state index contributed by atoms with van der Waals surface area (Å²) in [5.41, 5.74) is -0.706. The van der Waals surface area contributed by atoms with Crippen LogP contribution in [0.5, 0.6) is 0 Å². The maximum Gasteiger partial charge on any atom is 1.00 e. The van der Waals surface area contributed by atoms with Gasteiger partial charge >= 0.3 is 59.1 Å². The first kappa shape index (κ1) is 18.0. The second-order valence-corrected chi connectivity index (χ2v) is 3.76. The third-order valence-corrected chi connectivity index (χ3v) is 2.58. The zero-order valence-electron chi connectivity index (χ0n) is 6.96. The topological polar surface area (TPSA) is 63.2 Å². The Labute approximate surface area is 106 Å². The van der Waals surface area contributed by atoms with Gasteiger partial charge in [0.1, 0.15) is 0 Å². The molecule has 0 fully saturated rings. The molecule has 1 atom stereocenters. The maximum atomic E-state index is 10.0. The summed E-state index contributed by atoms with van der Waals surface area (Å²) in [6.07, 6.45) is 0.407. The van der Waals surface area contributed by atoms with E-state index in [2.05, 4.69) is 0 Å². The fourth-order valence-corrected chi connectivity index (χ4v) is 0.671. The Kier molecular flexibility index (Phi) is 14.0. The second-order valence-electron chi connectivity index (χ2n) is 1.80. The summed E-state index contributed by atoms with van der Waals surface area (Å²) in [6.45, 7) is 3.09. The van der Waals surface area contributed by atoms with Crippen LogP contribution in [0.2, 0.25) is 0 Å². The molecule has 0 amide bonds. The predicted molar refractivity (Wildman–Crippen MR) is 27.4 cm³/mol. The minimum Gasteiger partial charge on any atom is -0.811 e. The quantitative estimate of drug-likeness (QED) is 0.315. The van der Waals surface area contributed by atoms with E-state index in [0.717, 1.165) is 0 Å². The molecule has 0 radical (unpaired) electrons. The van der Waals surface area contributed by atoms with Gasteiger partial charge in [0, 0.05) is 0 Å². The molecular formula is C4H9Na2O3P. The van der Waals surface area contributed by atoms with Gasteiger partial charge in [-0.15, -0.1) is 0 Å². The van der Waals surface area contributed by atoms with E-state index in [1.165, 1.54) is 6.92 Å². The summed E-state index contributed by atoms with van der Waals surface area (Å²) in [5.74, 6) is 0. The van der Waals surface area contributed by atoms with E-state index >= 15 is 0 Å². The smallest absolute Gasteiger partial charge is 0.811 e. The Morgan fingerprint density at radius 3 is 1.70 bits per heavy atom. The summed E-state index contributed by atoms with van der Waals surface area (Å²) < 4.78 is 10.0. The van der Waals surface area contributed by atoms with Crippen molar-refractivity contribution < 1.29 is 73.5 Å². The Bertz CT molecular complexity index is 113. The normalized spacial score (nSPS) is 12.8. The molecule has 6 heteroatoms. The van der Waals surface area contributed by atoms with Crippen molar-refractivity contribution >= 4 is 7.60 Å². The van der Waals surface area contributed by atoms with Crippen molar-refractivity contribution in [2.24, 2.45) is 0 Å². The average molecular weight is 182 g/mol. The van der Waals surface area contributed by atoms with Crippen molar-refractivity contribution in [3.63, 3.8) is 0 Å². The SMILES string of the molecule is CCC(C)P(=O)([O-])[O-].[Na+].[Na+]. The molecular weight excluding hydrogens is 173 g/mol. The van der Waals surface area contributed by atoms with E-state index in [9.17, 15) is 14.4 Å². The van der Waals surface area contributed by atoms with Crippen LogP contribution >= 0.6 is 7.60 Å². The van der Waals surface area contributed by atoms with Gasteiger partial charge in [0.15, 0.2) is 0 Å². The van der Waals surface area contributed by atoms with Crippen molar-refractivity contribution in [2.45, 2.75) is 25.9 Å². The first-order chi connectivity index (χ1) is 3.48. The molecule has 0 saturated carbocycles. The van der Waals surface area contributed by atoms with Gasteiger partial charge in [0.05, 0.1) is 0 Å². The van der Waals surface area contributed by atoms with Crippen LogP contribution in [0.3, 0.4) is 0 Å². The van der Waals surface area contributed by atoms with Gasteiger partial charge < -0.3 is 14.4 Å². The van der Waals surface area contributed by atoms with Crippen molar-refractivity contribution in [1.82, 2.24) is 0 Å². The van der Waals surface area contributed by atoms with E-state index in [-0.39, 0.29) is 59.1 Å². The van der Waals surface area contributed by atoms with Gasteiger partial charge in [-0.2, -0.15) is 0 Å². The fraction of sp³-hybridized carbons (Fsp3) is 1.00. The zero-order chi connectivity index (χ0) is 6.78. The van der Waals surface area contributed by atoms with Crippen LogP contribution in [0, 0.1) is 0 Å². The molecule has 0 aromatic heterocycles. The molecule has 0 N–H and O–H groups in total. The molecule has 50 valence electrons. The molecule has 0 heterocycles. The first-order valence-corrected chi connectivity index (χ1v) is 4.11.